The highest BCUT2D eigenvalue weighted by Gasteiger charge is 2.12. The van der Waals surface area contributed by atoms with Gasteiger partial charge in [0.05, 0.1) is 6.61 Å². The van der Waals surface area contributed by atoms with Gasteiger partial charge in [-0.25, -0.2) is 0 Å². The molecule has 0 aromatic heterocycles. The van der Waals surface area contributed by atoms with E-state index in [1.165, 1.54) is 25.9 Å². The molecule has 0 spiro atoms. The number of piperidine rings is 1. The van der Waals surface area contributed by atoms with Gasteiger partial charge in [-0.1, -0.05) is 0 Å². The number of rotatable bonds is 4. The lowest BCUT2D eigenvalue weighted by Gasteiger charge is -2.21. The van der Waals surface area contributed by atoms with E-state index in [1.54, 1.807) is 7.11 Å². The maximum absolute atomic E-state index is 5.00. The van der Waals surface area contributed by atoms with Crippen LogP contribution in [0.3, 0.4) is 0 Å². The number of thioether (sulfide) groups is 1. The Kier molecular flexibility index (Phi) is 4.99. The number of ether oxygens (including phenoxy) is 1. The van der Waals surface area contributed by atoms with E-state index in [0.717, 1.165) is 17.6 Å². The molecule has 0 radical (unpaired) electrons. The predicted octanol–water partition coefficient (Wildman–Crippen LogP) is 1.12. The number of hydrogen-bond donors (Lipinski definition) is 1. The molecule has 1 aliphatic heterocycles. The van der Waals surface area contributed by atoms with Crippen molar-refractivity contribution in [3.8, 4) is 0 Å². The fourth-order valence-electron chi connectivity index (χ4n) is 1.26. The molecule has 1 saturated heterocycles. The zero-order chi connectivity index (χ0) is 7.94. The largest absolute Gasteiger partial charge is 0.384 e. The van der Waals surface area contributed by atoms with E-state index in [2.05, 4.69) is 17.1 Å². The second kappa shape index (κ2) is 5.86. The first-order valence-corrected chi connectivity index (χ1v) is 5.29. The van der Waals surface area contributed by atoms with Crippen LogP contribution in [0.5, 0.6) is 0 Å². The Bertz CT molecular complexity index is 94.1. The molecule has 2 nitrogen and oxygen atoms in total. The average Bonchev–Trinajstić information content (AvgIpc) is 2.07. The molecule has 11 heavy (non-hydrogen) atoms. The van der Waals surface area contributed by atoms with Crippen LogP contribution in [0.1, 0.15) is 12.8 Å². The van der Waals surface area contributed by atoms with Crippen LogP contribution in [-0.2, 0) is 4.74 Å². The summed E-state index contributed by atoms with van der Waals surface area (Å²) in [7, 11) is 1.77. The summed E-state index contributed by atoms with van der Waals surface area (Å²) >= 11 is 2.06. The zero-order valence-corrected chi connectivity index (χ0v) is 7.95. The lowest BCUT2D eigenvalue weighted by Crippen LogP contribution is -2.29. The van der Waals surface area contributed by atoms with E-state index in [0.29, 0.717) is 0 Å². The van der Waals surface area contributed by atoms with Gasteiger partial charge in [-0.3, -0.25) is 0 Å². The minimum absolute atomic E-state index is 0.881. The molecule has 0 aliphatic carbocycles. The molecular formula is C8H17NOS. The van der Waals surface area contributed by atoms with Gasteiger partial charge in [0.1, 0.15) is 0 Å². The van der Waals surface area contributed by atoms with Gasteiger partial charge < -0.3 is 10.1 Å². The Hall–Kier alpha value is 0.270. The van der Waals surface area contributed by atoms with Crippen LogP contribution >= 0.6 is 11.8 Å². The molecule has 66 valence electrons. The lowest BCUT2D eigenvalue weighted by molar-refractivity contribution is 0.218. The maximum Gasteiger partial charge on any atom is 0.0553 e. The van der Waals surface area contributed by atoms with Crippen LogP contribution in [0.2, 0.25) is 0 Å². The van der Waals surface area contributed by atoms with Crippen molar-refractivity contribution in [2.45, 2.75) is 18.1 Å². The molecule has 0 unspecified atom stereocenters. The van der Waals surface area contributed by atoms with Gasteiger partial charge >= 0.3 is 0 Å². The van der Waals surface area contributed by atoms with E-state index < -0.39 is 0 Å². The molecule has 1 N–H and O–H groups in total. The summed E-state index contributed by atoms with van der Waals surface area (Å²) in [6.45, 7) is 3.30. The molecule has 0 bridgehead atoms. The van der Waals surface area contributed by atoms with Gasteiger partial charge in [-0.15, -0.1) is 0 Å². The van der Waals surface area contributed by atoms with Crippen molar-refractivity contribution in [1.82, 2.24) is 5.32 Å². The van der Waals surface area contributed by atoms with Crippen molar-refractivity contribution in [2.75, 3.05) is 32.6 Å². The second-order valence-corrected chi connectivity index (χ2v) is 4.22. The van der Waals surface area contributed by atoms with Crippen molar-refractivity contribution in [2.24, 2.45) is 0 Å². The zero-order valence-electron chi connectivity index (χ0n) is 7.14. The van der Waals surface area contributed by atoms with Crippen LogP contribution in [-0.4, -0.2) is 37.8 Å². The Morgan fingerprint density at radius 3 is 2.82 bits per heavy atom. The molecule has 1 aliphatic rings. The third-order valence-electron chi connectivity index (χ3n) is 1.93. The minimum atomic E-state index is 0.881. The smallest absolute Gasteiger partial charge is 0.0553 e. The molecule has 0 amide bonds. The fraction of sp³-hybridized carbons (Fsp3) is 1.00. The normalized spacial score (nSPS) is 20.5. The van der Waals surface area contributed by atoms with Gasteiger partial charge in [-0.05, 0) is 25.9 Å². The SMILES string of the molecule is COCCSC1CCNCC1. The number of methoxy groups -OCH3 is 1. The van der Waals surface area contributed by atoms with Crippen molar-refractivity contribution >= 4 is 11.8 Å². The van der Waals surface area contributed by atoms with Crippen LogP contribution in [0.25, 0.3) is 0 Å². The molecule has 1 fully saturated rings. The highest BCUT2D eigenvalue weighted by Crippen LogP contribution is 2.19. The van der Waals surface area contributed by atoms with E-state index >= 15 is 0 Å². The standard InChI is InChI=1S/C8H17NOS/c1-10-6-7-11-8-2-4-9-5-3-8/h8-9H,2-7H2,1H3. The van der Waals surface area contributed by atoms with Crippen LogP contribution < -0.4 is 5.32 Å². The van der Waals surface area contributed by atoms with Crippen molar-refractivity contribution in [3.05, 3.63) is 0 Å². The third kappa shape index (κ3) is 3.99. The summed E-state index contributed by atoms with van der Waals surface area (Å²) in [5.41, 5.74) is 0. The highest BCUT2D eigenvalue weighted by molar-refractivity contribution is 7.99. The molecule has 0 aromatic carbocycles. The minimum Gasteiger partial charge on any atom is -0.384 e. The van der Waals surface area contributed by atoms with Crippen LogP contribution in [0.4, 0.5) is 0 Å². The summed E-state index contributed by atoms with van der Waals surface area (Å²) in [6.07, 6.45) is 2.66. The Balaban J connectivity index is 1.96. The average molecular weight is 175 g/mol. The molecule has 0 saturated carbocycles. The Morgan fingerprint density at radius 1 is 1.45 bits per heavy atom. The topological polar surface area (TPSA) is 21.3 Å². The molecule has 3 heteroatoms. The van der Waals surface area contributed by atoms with Gasteiger partial charge in [-0.2, -0.15) is 11.8 Å². The predicted molar refractivity (Wildman–Crippen MR) is 50.2 cm³/mol. The van der Waals surface area contributed by atoms with Crippen molar-refractivity contribution in [3.63, 3.8) is 0 Å². The van der Waals surface area contributed by atoms with Crippen molar-refractivity contribution < 1.29 is 4.74 Å². The quantitative estimate of drug-likeness (QED) is 0.647. The monoisotopic (exact) mass is 175 g/mol. The first-order chi connectivity index (χ1) is 5.43. The molecule has 0 atom stereocenters. The maximum atomic E-state index is 5.00. The van der Waals surface area contributed by atoms with E-state index in [4.69, 9.17) is 4.74 Å². The number of nitrogens with one attached hydrogen (secondary N) is 1. The first-order valence-electron chi connectivity index (χ1n) is 4.24. The number of hydrogen-bond acceptors (Lipinski definition) is 3. The lowest BCUT2D eigenvalue weighted by atomic mass is 10.2. The summed E-state index contributed by atoms with van der Waals surface area (Å²) in [5.74, 6) is 1.15. The molecule has 1 heterocycles. The van der Waals surface area contributed by atoms with Crippen LogP contribution in [0.15, 0.2) is 0 Å². The summed E-state index contributed by atoms with van der Waals surface area (Å²) in [5, 5.41) is 4.24. The summed E-state index contributed by atoms with van der Waals surface area (Å²) in [4.78, 5) is 0. The Morgan fingerprint density at radius 2 is 2.18 bits per heavy atom. The van der Waals surface area contributed by atoms with E-state index in [1.807, 2.05) is 0 Å². The third-order valence-corrected chi connectivity index (χ3v) is 3.27. The van der Waals surface area contributed by atoms with Crippen molar-refractivity contribution in [1.29, 1.82) is 0 Å². The van der Waals surface area contributed by atoms with Crippen LogP contribution in [0, 0.1) is 0 Å². The second-order valence-electron chi connectivity index (χ2n) is 2.81. The molecule has 1 rings (SSSR count). The fourth-order valence-corrected chi connectivity index (χ4v) is 2.43. The van der Waals surface area contributed by atoms with E-state index in [-0.39, 0.29) is 0 Å². The molecule has 0 aromatic rings. The van der Waals surface area contributed by atoms with Gasteiger partial charge in [0.25, 0.3) is 0 Å². The summed E-state index contributed by atoms with van der Waals surface area (Å²) < 4.78 is 5.00. The Labute approximate surface area is 73.1 Å². The van der Waals surface area contributed by atoms with E-state index in [9.17, 15) is 0 Å². The highest BCUT2D eigenvalue weighted by atomic mass is 32.2. The molecular weight excluding hydrogens is 158 g/mol. The van der Waals surface area contributed by atoms with Gasteiger partial charge in [0, 0.05) is 18.1 Å². The first kappa shape index (κ1) is 9.36. The van der Waals surface area contributed by atoms with Gasteiger partial charge in [0.2, 0.25) is 0 Å². The summed E-state index contributed by atoms with van der Waals surface area (Å²) in [6, 6.07) is 0. The van der Waals surface area contributed by atoms with Gasteiger partial charge in [0.15, 0.2) is 0 Å².